The van der Waals surface area contributed by atoms with Gasteiger partial charge in [-0.2, -0.15) is 13.6 Å². The molecule has 36 heavy (non-hydrogen) atoms. The zero-order chi connectivity index (χ0) is 27.1. The van der Waals surface area contributed by atoms with Crippen LogP contribution in [0, 0.1) is 11.8 Å². The molecule has 1 fully saturated rings. The molecule has 22 heteroatoms. The molecule has 1 aliphatic heterocycles. The number of nitrogens with one attached hydrogen (secondary N) is 1. The summed E-state index contributed by atoms with van der Waals surface area (Å²) in [5.41, 5.74) is 8.94. The van der Waals surface area contributed by atoms with Gasteiger partial charge in [0.1, 0.15) is 18.9 Å². The Labute approximate surface area is 199 Å². The van der Waals surface area contributed by atoms with Crippen LogP contribution < -0.4 is 17.0 Å². The monoisotopic (exact) mass is 577 g/mol. The Hall–Kier alpha value is -2.00. The Morgan fingerprint density at radius 1 is 1.25 bits per heavy atom. The molecular weight excluding hydrogens is 558 g/mol. The van der Waals surface area contributed by atoms with Gasteiger partial charge in [0.05, 0.1) is 12.0 Å². The molecule has 0 aromatic carbocycles. The van der Waals surface area contributed by atoms with Gasteiger partial charge in [-0.1, -0.05) is 11.8 Å². The van der Waals surface area contributed by atoms with Crippen molar-refractivity contribution in [2.75, 3.05) is 19.0 Å². The Bertz CT molecular complexity index is 1410. The van der Waals surface area contributed by atoms with Crippen LogP contribution in [0.5, 0.6) is 0 Å². The lowest BCUT2D eigenvalue weighted by Crippen LogP contribution is -2.53. The molecule has 1 saturated heterocycles. The van der Waals surface area contributed by atoms with E-state index in [9.17, 15) is 37.8 Å². The van der Waals surface area contributed by atoms with Crippen molar-refractivity contribution in [1.82, 2.24) is 14.5 Å². The van der Waals surface area contributed by atoms with E-state index in [-0.39, 0.29) is 17.0 Å². The summed E-state index contributed by atoms with van der Waals surface area (Å²) in [6.45, 7) is -2.26. The minimum absolute atomic E-state index is 0.0276. The zero-order valence-electron chi connectivity index (χ0n) is 17.6. The molecule has 3 rings (SSSR count). The molecule has 0 bridgehead atoms. The molecule has 2 aromatic heterocycles. The van der Waals surface area contributed by atoms with Crippen molar-refractivity contribution >= 4 is 40.4 Å². The molecular formula is C14H19FN5O13P3. The number of rotatable bonds is 8. The summed E-state index contributed by atoms with van der Waals surface area (Å²) in [5, 5.41) is 10.8. The van der Waals surface area contributed by atoms with Gasteiger partial charge < -0.3 is 45.5 Å². The lowest BCUT2D eigenvalue weighted by Gasteiger charge is -2.28. The van der Waals surface area contributed by atoms with Crippen molar-refractivity contribution in [2.24, 2.45) is 5.73 Å². The van der Waals surface area contributed by atoms with E-state index in [0.717, 1.165) is 4.57 Å². The number of phosphoric ester groups is 1. The van der Waals surface area contributed by atoms with E-state index in [1.807, 2.05) is 5.92 Å². The standard InChI is InChI=1S/C14H19FN5O13P3/c15-4-1-3-14(17)9(21)8(6-30-35(26,27)33-36(28,29)32-34(23,24)25)31-12(14)20-5-2-7-10(20)18-13(16)19-11(7)22/h2,5,8-9,12,21H,4,6,17H2,(H,26,27)(H,28,29)(H2,23,24,25)(H3,16,18,19,22)/t8-,9+,12-,14?/m1/s1. The summed E-state index contributed by atoms with van der Waals surface area (Å²) < 4.78 is 65.4. The highest BCUT2D eigenvalue weighted by Gasteiger charge is 2.55. The summed E-state index contributed by atoms with van der Waals surface area (Å²) in [5.74, 6) is 4.03. The summed E-state index contributed by atoms with van der Waals surface area (Å²) in [6.07, 6.45) is -3.74. The van der Waals surface area contributed by atoms with Crippen LogP contribution in [0.15, 0.2) is 17.1 Å². The molecule has 3 heterocycles. The van der Waals surface area contributed by atoms with Gasteiger partial charge in [0.2, 0.25) is 5.95 Å². The Morgan fingerprint density at radius 2 is 1.92 bits per heavy atom. The first-order valence-electron chi connectivity index (χ1n) is 9.31. The van der Waals surface area contributed by atoms with Gasteiger partial charge in [0, 0.05) is 6.20 Å². The number of aromatic nitrogens is 3. The maximum atomic E-state index is 12.8. The molecule has 0 radical (unpaired) electrons. The highest BCUT2D eigenvalue weighted by molar-refractivity contribution is 7.66. The Kier molecular flexibility index (Phi) is 7.97. The third-order valence-electron chi connectivity index (χ3n) is 4.60. The number of nitrogens with two attached hydrogens (primary N) is 2. The number of nitrogen functional groups attached to an aromatic ring is 1. The number of hydrogen-bond donors (Lipinski definition) is 8. The van der Waals surface area contributed by atoms with E-state index >= 15 is 0 Å². The van der Waals surface area contributed by atoms with Crippen LogP contribution in [0.2, 0.25) is 0 Å². The first-order chi connectivity index (χ1) is 16.5. The number of phosphoric acid groups is 3. The lowest BCUT2D eigenvalue weighted by atomic mass is 9.91. The maximum Gasteiger partial charge on any atom is 0.490 e. The highest BCUT2D eigenvalue weighted by atomic mass is 31.3. The first-order valence-corrected chi connectivity index (χ1v) is 13.8. The summed E-state index contributed by atoms with van der Waals surface area (Å²) >= 11 is 0. The fourth-order valence-electron chi connectivity index (χ4n) is 3.27. The second-order valence-corrected chi connectivity index (χ2v) is 11.6. The highest BCUT2D eigenvalue weighted by Crippen LogP contribution is 2.66. The molecule has 18 nitrogen and oxygen atoms in total. The van der Waals surface area contributed by atoms with Gasteiger partial charge >= 0.3 is 23.5 Å². The normalized spacial score (nSPS) is 27.8. The quantitative estimate of drug-likeness (QED) is 0.132. The SMILES string of the molecule is Nc1nc2c(ccn2[C@@H]2O[C@H](COP(=O)(O)OP(=O)(O)OP(=O)(O)O)[C@H](O)C2(N)C#CCF)c(=O)[nH]1. The van der Waals surface area contributed by atoms with E-state index < -0.39 is 66.3 Å². The molecule has 0 aliphatic carbocycles. The van der Waals surface area contributed by atoms with Crippen molar-refractivity contribution in [3.63, 3.8) is 0 Å². The van der Waals surface area contributed by atoms with Gasteiger partial charge in [-0.25, -0.2) is 18.1 Å². The fourth-order valence-corrected chi connectivity index (χ4v) is 6.30. The minimum Gasteiger partial charge on any atom is -0.387 e. The minimum atomic E-state index is -5.79. The number of aromatic amines is 1. The van der Waals surface area contributed by atoms with Gasteiger partial charge in [0.25, 0.3) is 5.56 Å². The lowest BCUT2D eigenvalue weighted by molar-refractivity contribution is -0.0436. The largest absolute Gasteiger partial charge is 0.490 e. The van der Waals surface area contributed by atoms with E-state index in [2.05, 4.69) is 29.0 Å². The maximum absolute atomic E-state index is 12.8. The van der Waals surface area contributed by atoms with Crippen molar-refractivity contribution in [1.29, 1.82) is 0 Å². The molecule has 0 amide bonds. The number of ether oxygens (including phenoxy) is 1. The molecule has 200 valence electrons. The van der Waals surface area contributed by atoms with Crippen LogP contribution in [0.25, 0.3) is 11.0 Å². The van der Waals surface area contributed by atoms with Gasteiger partial charge in [-0.05, 0) is 6.07 Å². The second-order valence-electron chi connectivity index (χ2n) is 7.14. The number of aliphatic hydroxyl groups excluding tert-OH is 1. The van der Waals surface area contributed by atoms with Crippen LogP contribution in [-0.2, 0) is 31.6 Å². The van der Waals surface area contributed by atoms with Gasteiger partial charge in [-0.15, -0.1) is 0 Å². The first kappa shape index (κ1) is 28.6. The average molecular weight is 577 g/mol. The molecule has 3 unspecified atom stereocenters. The number of halogens is 1. The number of H-pyrrole nitrogens is 1. The molecule has 1 aliphatic rings. The Morgan fingerprint density at radius 3 is 2.53 bits per heavy atom. The van der Waals surface area contributed by atoms with Crippen LogP contribution in [0.1, 0.15) is 6.23 Å². The number of anilines is 1. The van der Waals surface area contributed by atoms with Crippen molar-refractivity contribution in [3.8, 4) is 11.8 Å². The van der Waals surface area contributed by atoms with E-state index in [4.69, 9.17) is 26.0 Å². The van der Waals surface area contributed by atoms with Crippen molar-refractivity contribution < 1.29 is 60.6 Å². The number of fused-ring (bicyclic) bond motifs is 1. The van der Waals surface area contributed by atoms with Gasteiger partial charge in [0.15, 0.2) is 17.4 Å². The fraction of sp³-hybridized carbons (Fsp3) is 0.429. The summed E-state index contributed by atoms with van der Waals surface area (Å²) in [7, 11) is -17.0. The zero-order valence-corrected chi connectivity index (χ0v) is 20.3. The number of aliphatic hydroxyl groups is 1. The van der Waals surface area contributed by atoms with E-state index in [0.29, 0.717) is 0 Å². The summed E-state index contributed by atoms with van der Waals surface area (Å²) in [6, 6.07) is 1.30. The van der Waals surface area contributed by atoms with Crippen molar-refractivity contribution in [3.05, 3.63) is 22.6 Å². The van der Waals surface area contributed by atoms with Crippen LogP contribution >= 0.6 is 23.5 Å². The van der Waals surface area contributed by atoms with E-state index in [1.54, 1.807) is 0 Å². The third kappa shape index (κ3) is 6.28. The third-order valence-corrected chi connectivity index (χ3v) is 8.40. The smallest absolute Gasteiger partial charge is 0.387 e. The molecule has 10 N–H and O–H groups in total. The van der Waals surface area contributed by atoms with E-state index in [1.165, 1.54) is 12.3 Å². The summed E-state index contributed by atoms with van der Waals surface area (Å²) in [4.78, 5) is 54.4. The number of nitrogens with zero attached hydrogens (tertiary/aromatic N) is 2. The molecule has 0 spiro atoms. The number of alkyl halides is 1. The molecule has 6 atom stereocenters. The Balaban J connectivity index is 1.89. The number of hydrogen-bond acceptors (Lipinski definition) is 12. The molecule has 2 aromatic rings. The van der Waals surface area contributed by atoms with Crippen LogP contribution in [0.3, 0.4) is 0 Å². The topological polar surface area (TPSA) is 292 Å². The average Bonchev–Trinajstić information content (AvgIpc) is 3.22. The van der Waals surface area contributed by atoms with Crippen LogP contribution in [-0.4, -0.2) is 70.2 Å². The predicted octanol–water partition coefficient (Wildman–Crippen LogP) is -1.42. The second kappa shape index (κ2) is 10.0. The van der Waals surface area contributed by atoms with Crippen LogP contribution in [0.4, 0.5) is 10.3 Å². The predicted molar refractivity (Wildman–Crippen MR) is 115 cm³/mol. The van der Waals surface area contributed by atoms with Gasteiger partial charge in [-0.3, -0.25) is 14.3 Å². The molecule has 0 saturated carbocycles. The van der Waals surface area contributed by atoms with Crippen molar-refractivity contribution in [2.45, 2.75) is 24.0 Å².